The van der Waals surface area contributed by atoms with Gasteiger partial charge in [0.1, 0.15) is 0 Å². The Morgan fingerprint density at radius 2 is 1.88 bits per heavy atom. The summed E-state index contributed by atoms with van der Waals surface area (Å²) >= 11 is 9.63. The number of nitrogens with one attached hydrogen (secondary N) is 1. The molecule has 2 aromatic carbocycles. The summed E-state index contributed by atoms with van der Waals surface area (Å²) < 4.78 is 1.11. The lowest BCUT2D eigenvalue weighted by Crippen LogP contribution is -2.05. The van der Waals surface area contributed by atoms with E-state index in [2.05, 4.69) is 51.6 Å². The maximum Gasteiger partial charge on any atom is 0.0640 e. The van der Waals surface area contributed by atoms with Crippen molar-refractivity contribution in [1.29, 1.82) is 0 Å². The van der Waals surface area contributed by atoms with E-state index in [1.54, 1.807) is 0 Å². The van der Waals surface area contributed by atoms with Gasteiger partial charge in [0.2, 0.25) is 0 Å². The SMILES string of the molecule is Clc1cccc2c1NC(c1ccc(Br)cc1)C2. The van der Waals surface area contributed by atoms with Gasteiger partial charge in [-0.05, 0) is 35.7 Å². The van der Waals surface area contributed by atoms with E-state index in [1.807, 2.05) is 12.1 Å². The average Bonchev–Trinajstić information content (AvgIpc) is 2.75. The summed E-state index contributed by atoms with van der Waals surface area (Å²) in [6, 6.07) is 14.8. The number of halogens is 2. The fourth-order valence-corrected chi connectivity index (χ4v) is 2.75. The number of benzene rings is 2. The molecule has 0 spiro atoms. The third-order valence-corrected chi connectivity index (χ3v) is 3.96. The summed E-state index contributed by atoms with van der Waals surface area (Å²) in [5, 5.41) is 4.30. The van der Waals surface area contributed by atoms with Crippen molar-refractivity contribution < 1.29 is 0 Å². The third-order valence-electron chi connectivity index (χ3n) is 3.11. The number of hydrogen-bond donors (Lipinski definition) is 1. The smallest absolute Gasteiger partial charge is 0.0640 e. The van der Waals surface area contributed by atoms with Crippen LogP contribution in [0.3, 0.4) is 0 Å². The number of hydrogen-bond acceptors (Lipinski definition) is 1. The number of anilines is 1. The van der Waals surface area contributed by atoms with Crippen LogP contribution < -0.4 is 5.32 Å². The molecule has 0 aromatic heterocycles. The molecule has 0 bridgehead atoms. The molecular formula is C14H11BrClN. The molecule has 0 radical (unpaired) electrons. The van der Waals surface area contributed by atoms with Gasteiger partial charge >= 0.3 is 0 Å². The van der Waals surface area contributed by atoms with E-state index in [-0.39, 0.29) is 0 Å². The van der Waals surface area contributed by atoms with Gasteiger partial charge in [-0.3, -0.25) is 0 Å². The molecule has 0 fully saturated rings. The molecule has 3 heteroatoms. The molecule has 1 aliphatic heterocycles. The first-order chi connectivity index (χ1) is 8.24. The molecule has 2 aromatic rings. The molecule has 0 saturated heterocycles. The van der Waals surface area contributed by atoms with Gasteiger partial charge in [-0.2, -0.15) is 0 Å². The topological polar surface area (TPSA) is 12.0 Å². The number of para-hydroxylation sites is 1. The Hall–Kier alpha value is -0.990. The van der Waals surface area contributed by atoms with E-state index in [1.165, 1.54) is 11.1 Å². The van der Waals surface area contributed by atoms with E-state index >= 15 is 0 Å². The summed E-state index contributed by atoms with van der Waals surface area (Å²) in [5.41, 5.74) is 3.67. The Morgan fingerprint density at radius 1 is 1.12 bits per heavy atom. The van der Waals surface area contributed by atoms with Crippen LogP contribution in [0, 0.1) is 0 Å². The monoisotopic (exact) mass is 307 g/mol. The zero-order chi connectivity index (χ0) is 11.8. The second-order valence-corrected chi connectivity index (χ2v) is 5.55. The molecule has 3 rings (SSSR count). The molecule has 0 amide bonds. The lowest BCUT2D eigenvalue weighted by Gasteiger charge is -2.12. The molecule has 1 atom stereocenters. The van der Waals surface area contributed by atoms with Crippen LogP contribution in [0.4, 0.5) is 5.69 Å². The van der Waals surface area contributed by atoms with E-state index in [0.717, 1.165) is 21.6 Å². The highest BCUT2D eigenvalue weighted by Gasteiger charge is 2.23. The Kier molecular flexibility index (Phi) is 2.85. The van der Waals surface area contributed by atoms with Crippen LogP contribution in [0.25, 0.3) is 0 Å². The van der Waals surface area contributed by atoms with Crippen molar-refractivity contribution in [2.75, 3.05) is 5.32 Å². The molecular weight excluding hydrogens is 298 g/mol. The number of fused-ring (bicyclic) bond motifs is 1. The molecule has 1 nitrogen and oxygen atoms in total. The van der Waals surface area contributed by atoms with Gasteiger partial charge in [0.05, 0.1) is 16.8 Å². The minimum absolute atomic E-state index is 0.331. The van der Waals surface area contributed by atoms with E-state index < -0.39 is 0 Å². The molecule has 86 valence electrons. The highest BCUT2D eigenvalue weighted by Crippen LogP contribution is 2.38. The van der Waals surface area contributed by atoms with Gasteiger partial charge in [0.15, 0.2) is 0 Å². The van der Waals surface area contributed by atoms with Gasteiger partial charge in [-0.15, -0.1) is 0 Å². The normalized spacial score (nSPS) is 17.6. The summed E-state index contributed by atoms with van der Waals surface area (Å²) in [6.45, 7) is 0. The van der Waals surface area contributed by atoms with Crippen molar-refractivity contribution >= 4 is 33.2 Å². The zero-order valence-corrected chi connectivity index (χ0v) is 11.4. The summed E-state index contributed by atoms with van der Waals surface area (Å²) in [6.07, 6.45) is 0.998. The van der Waals surface area contributed by atoms with Crippen LogP contribution in [0.1, 0.15) is 17.2 Å². The molecule has 1 heterocycles. The van der Waals surface area contributed by atoms with E-state index in [4.69, 9.17) is 11.6 Å². The largest absolute Gasteiger partial charge is 0.376 e. The van der Waals surface area contributed by atoms with Crippen molar-refractivity contribution in [2.24, 2.45) is 0 Å². The molecule has 1 aliphatic rings. The van der Waals surface area contributed by atoms with Crippen molar-refractivity contribution in [2.45, 2.75) is 12.5 Å². The maximum atomic E-state index is 6.18. The fraction of sp³-hybridized carbons (Fsp3) is 0.143. The Morgan fingerprint density at radius 3 is 2.59 bits per heavy atom. The summed E-state index contributed by atoms with van der Waals surface area (Å²) in [5.74, 6) is 0. The zero-order valence-electron chi connectivity index (χ0n) is 9.08. The number of rotatable bonds is 1. The Balaban J connectivity index is 1.91. The van der Waals surface area contributed by atoms with Crippen LogP contribution in [0.5, 0.6) is 0 Å². The van der Waals surface area contributed by atoms with Gasteiger partial charge in [0.25, 0.3) is 0 Å². The van der Waals surface area contributed by atoms with Gasteiger partial charge < -0.3 is 5.32 Å². The van der Waals surface area contributed by atoms with Crippen LogP contribution >= 0.6 is 27.5 Å². The molecule has 0 aliphatic carbocycles. The van der Waals surface area contributed by atoms with Crippen LogP contribution in [-0.2, 0) is 6.42 Å². The van der Waals surface area contributed by atoms with Crippen LogP contribution in [-0.4, -0.2) is 0 Å². The van der Waals surface area contributed by atoms with Gasteiger partial charge in [0, 0.05) is 4.47 Å². The predicted octanol–water partition coefficient (Wildman–Crippen LogP) is 4.81. The van der Waals surface area contributed by atoms with Gasteiger partial charge in [-0.1, -0.05) is 51.8 Å². The van der Waals surface area contributed by atoms with Crippen molar-refractivity contribution in [3.63, 3.8) is 0 Å². The first kappa shape index (κ1) is 11.1. The lowest BCUT2D eigenvalue weighted by molar-refractivity contribution is 0.824. The van der Waals surface area contributed by atoms with Crippen molar-refractivity contribution in [3.8, 4) is 0 Å². The second kappa shape index (κ2) is 4.35. The standard InChI is InChI=1S/C14H11BrClN/c15-11-6-4-9(5-7-11)13-8-10-2-1-3-12(16)14(10)17-13/h1-7,13,17H,8H2. The molecule has 1 N–H and O–H groups in total. The summed E-state index contributed by atoms with van der Waals surface area (Å²) in [4.78, 5) is 0. The first-order valence-corrected chi connectivity index (χ1v) is 6.70. The van der Waals surface area contributed by atoms with Crippen molar-refractivity contribution in [3.05, 3.63) is 63.1 Å². The highest BCUT2D eigenvalue weighted by atomic mass is 79.9. The Bertz CT molecular complexity index is 551. The minimum atomic E-state index is 0.331. The highest BCUT2D eigenvalue weighted by molar-refractivity contribution is 9.10. The first-order valence-electron chi connectivity index (χ1n) is 5.53. The maximum absolute atomic E-state index is 6.18. The third kappa shape index (κ3) is 2.07. The minimum Gasteiger partial charge on any atom is -0.376 e. The average molecular weight is 309 g/mol. The van der Waals surface area contributed by atoms with Crippen LogP contribution in [0.2, 0.25) is 5.02 Å². The molecule has 0 saturated carbocycles. The van der Waals surface area contributed by atoms with Crippen LogP contribution in [0.15, 0.2) is 46.9 Å². The van der Waals surface area contributed by atoms with E-state index in [0.29, 0.717) is 6.04 Å². The second-order valence-electron chi connectivity index (χ2n) is 4.23. The molecule has 1 unspecified atom stereocenters. The fourth-order valence-electron chi connectivity index (χ4n) is 2.24. The lowest BCUT2D eigenvalue weighted by atomic mass is 10.0. The summed E-state index contributed by atoms with van der Waals surface area (Å²) in [7, 11) is 0. The Labute approximate surface area is 114 Å². The predicted molar refractivity (Wildman–Crippen MR) is 75.7 cm³/mol. The van der Waals surface area contributed by atoms with Crippen molar-refractivity contribution in [1.82, 2.24) is 0 Å². The van der Waals surface area contributed by atoms with Gasteiger partial charge in [-0.25, -0.2) is 0 Å². The molecule has 17 heavy (non-hydrogen) atoms. The quantitative estimate of drug-likeness (QED) is 0.797. The van der Waals surface area contributed by atoms with E-state index in [9.17, 15) is 0 Å².